The number of pyridine rings is 1. The zero-order valence-electron chi connectivity index (χ0n) is 18.9. The van der Waals surface area contributed by atoms with E-state index in [4.69, 9.17) is 0 Å². The molecule has 6 nitrogen and oxygen atoms in total. The van der Waals surface area contributed by atoms with Crippen molar-refractivity contribution in [1.82, 2.24) is 9.88 Å². The van der Waals surface area contributed by atoms with Crippen LogP contribution in [0.15, 0.2) is 54.6 Å². The zero-order valence-corrected chi connectivity index (χ0v) is 19.7. The average molecular weight is 453 g/mol. The SMILES string of the molecule is CCCS(=O)(=O)Nc1cccc(CCN2CCN(c3cccc4nc(C)ccc34)CC2)c1. The van der Waals surface area contributed by atoms with Gasteiger partial charge < -0.3 is 4.90 Å². The van der Waals surface area contributed by atoms with E-state index in [2.05, 4.69) is 55.9 Å². The minimum absolute atomic E-state index is 0.147. The molecule has 2 heterocycles. The third-order valence-corrected chi connectivity index (χ3v) is 7.44. The Kier molecular flexibility index (Phi) is 6.96. The largest absolute Gasteiger partial charge is 0.368 e. The van der Waals surface area contributed by atoms with E-state index in [1.807, 2.05) is 32.0 Å². The molecule has 1 aromatic heterocycles. The van der Waals surface area contributed by atoms with Crippen LogP contribution >= 0.6 is 0 Å². The van der Waals surface area contributed by atoms with Gasteiger partial charge in [-0.05, 0) is 61.7 Å². The lowest BCUT2D eigenvalue weighted by atomic mass is 10.1. The van der Waals surface area contributed by atoms with E-state index in [9.17, 15) is 8.42 Å². The van der Waals surface area contributed by atoms with Gasteiger partial charge in [-0.25, -0.2) is 8.42 Å². The van der Waals surface area contributed by atoms with Crippen molar-refractivity contribution in [2.24, 2.45) is 0 Å². The van der Waals surface area contributed by atoms with Crippen LogP contribution in [0.3, 0.4) is 0 Å². The highest BCUT2D eigenvalue weighted by Gasteiger charge is 2.19. The topological polar surface area (TPSA) is 65.5 Å². The number of fused-ring (bicyclic) bond motifs is 1. The van der Waals surface area contributed by atoms with E-state index < -0.39 is 10.0 Å². The van der Waals surface area contributed by atoms with Gasteiger partial charge in [0.05, 0.1) is 11.3 Å². The Labute approximate surface area is 191 Å². The van der Waals surface area contributed by atoms with Crippen LogP contribution in [0.2, 0.25) is 0 Å². The summed E-state index contributed by atoms with van der Waals surface area (Å²) in [5.74, 6) is 0.147. The van der Waals surface area contributed by atoms with Crippen molar-refractivity contribution >= 4 is 32.3 Å². The van der Waals surface area contributed by atoms with Crippen molar-refractivity contribution in [3.05, 3.63) is 65.9 Å². The van der Waals surface area contributed by atoms with Crippen LogP contribution < -0.4 is 9.62 Å². The lowest BCUT2D eigenvalue weighted by molar-refractivity contribution is 0.261. The highest BCUT2D eigenvalue weighted by Crippen LogP contribution is 2.27. The first kappa shape index (κ1) is 22.6. The summed E-state index contributed by atoms with van der Waals surface area (Å²) < 4.78 is 26.8. The summed E-state index contributed by atoms with van der Waals surface area (Å²) >= 11 is 0. The Morgan fingerprint density at radius 2 is 1.78 bits per heavy atom. The molecular formula is C25H32N4O2S. The molecule has 3 aromatic rings. The van der Waals surface area contributed by atoms with Crippen molar-refractivity contribution in [3.8, 4) is 0 Å². The zero-order chi connectivity index (χ0) is 22.6. The van der Waals surface area contributed by atoms with E-state index in [1.54, 1.807) is 0 Å². The summed E-state index contributed by atoms with van der Waals surface area (Å²) in [6.45, 7) is 8.87. The van der Waals surface area contributed by atoms with Crippen molar-refractivity contribution in [3.63, 3.8) is 0 Å². The first-order valence-corrected chi connectivity index (χ1v) is 13.0. The summed E-state index contributed by atoms with van der Waals surface area (Å²) in [4.78, 5) is 9.61. The monoisotopic (exact) mass is 452 g/mol. The Morgan fingerprint density at radius 1 is 1.00 bits per heavy atom. The molecule has 7 heteroatoms. The molecule has 2 aromatic carbocycles. The van der Waals surface area contributed by atoms with Gasteiger partial charge in [0.1, 0.15) is 0 Å². The maximum absolute atomic E-state index is 12.0. The fourth-order valence-electron chi connectivity index (χ4n) is 4.31. The van der Waals surface area contributed by atoms with Gasteiger partial charge in [0.25, 0.3) is 0 Å². The number of anilines is 2. The lowest BCUT2D eigenvalue weighted by Crippen LogP contribution is -2.47. The number of piperazine rings is 1. The first-order chi connectivity index (χ1) is 15.4. The second kappa shape index (κ2) is 9.88. The van der Waals surface area contributed by atoms with Crippen molar-refractivity contribution < 1.29 is 8.42 Å². The van der Waals surface area contributed by atoms with Crippen LogP contribution in [0, 0.1) is 6.92 Å². The molecule has 0 bridgehead atoms. The number of hydrogen-bond acceptors (Lipinski definition) is 5. The summed E-state index contributed by atoms with van der Waals surface area (Å²) in [5.41, 5.74) is 5.17. The molecule has 0 saturated carbocycles. The number of nitrogens with one attached hydrogen (secondary N) is 1. The predicted molar refractivity (Wildman–Crippen MR) is 133 cm³/mol. The van der Waals surface area contributed by atoms with Gasteiger partial charge in [0, 0.05) is 55.2 Å². The molecular weight excluding hydrogens is 420 g/mol. The first-order valence-electron chi connectivity index (χ1n) is 11.4. The van der Waals surface area contributed by atoms with Crippen LogP contribution in [0.25, 0.3) is 10.9 Å². The molecule has 1 aliphatic heterocycles. The van der Waals surface area contributed by atoms with Gasteiger partial charge in [0.15, 0.2) is 0 Å². The van der Waals surface area contributed by atoms with E-state index in [1.165, 1.54) is 11.1 Å². The van der Waals surface area contributed by atoms with Crippen LogP contribution in [0.4, 0.5) is 11.4 Å². The van der Waals surface area contributed by atoms with Crippen molar-refractivity contribution in [2.75, 3.05) is 48.1 Å². The van der Waals surface area contributed by atoms with Gasteiger partial charge in [-0.1, -0.05) is 25.1 Å². The van der Waals surface area contributed by atoms with E-state index in [0.29, 0.717) is 12.1 Å². The highest BCUT2D eigenvalue weighted by molar-refractivity contribution is 7.92. The molecule has 1 fully saturated rings. The van der Waals surface area contributed by atoms with Gasteiger partial charge in [-0.2, -0.15) is 0 Å². The number of benzene rings is 2. The maximum Gasteiger partial charge on any atom is 0.232 e. The third-order valence-electron chi connectivity index (χ3n) is 5.95. The summed E-state index contributed by atoms with van der Waals surface area (Å²) in [7, 11) is -3.26. The number of nitrogens with zero attached hydrogens (tertiary/aromatic N) is 3. The number of aromatic nitrogens is 1. The molecule has 4 rings (SSSR count). The molecule has 0 unspecified atom stereocenters. The second-order valence-electron chi connectivity index (χ2n) is 8.50. The number of rotatable bonds is 8. The van der Waals surface area contributed by atoms with E-state index in [0.717, 1.165) is 55.9 Å². The summed E-state index contributed by atoms with van der Waals surface area (Å²) in [6.07, 6.45) is 1.51. The molecule has 0 atom stereocenters. The van der Waals surface area contributed by atoms with Gasteiger partial charge in [-0.3, -0.25) is 14.6 Å². The Hall–Kier alpha value is -2.64. The Balaban J connectivity index is 1.33. The molecule has 1 saturated heterocycles. The Bertz CT molecular complexity index is 1170. The number of aryl methyl sites for hydroxylation is 1. The van der Waals surface area contributed by atoms with Crippen molar-refractivity contribution in [1.29, 1.82) is 0 Å². The average Bonchev–Trinajstić information content (AvgIpc) is 2.77. The quantitative estimate of drug-likeness (QED) is 0.558. The molecule has 1 N–H and O–H groups in total. The predicted octanol–water partition coefficient (Wildman–Crippen LogP) is 4.06. The van der Waals surface area contributed by atoms with Gasteiger partial charge in [0.2, 0.25) is 10.0 Å². The molecule has 0 radical (unpaired) electrons. The van der Waals surface area contributed by atoms with Crippen molar-refractivity contribution in [2.45, 2.75) is 26.7 Å². The minimum atomic E-state index is -3.26. The molecule has 170 valence electrons. The second-order valence-corrected chi connectivity index (χ2v) is 10.3. The molecule has 0 aliphatic carbocycles. The summed E-state index contributed by atoms with van der Waals surface area (Å²) in [6, 6.07) is 18.4. The standard InChI is InChI=1S/C25H32N4O2S/c1-3-18-32(30,31)27-22-7-4-6-21(19-22)12-13-28-14-16-29(17-15-28)25-9-5-8-24-23(25)11-10-20(2)26-24/h4-11,19,27H,3,12-18H2,1-2H3. The fourth-order valence-corrected chi connectivity index (χ4v) is 5.43. The number of sulfonamides is 1. The molecule has 0 spiro atoms. The van der Waals surface area contributed by atoms with Gasteiger partial charge >= 0.3 is 0 Å². The van der Waals surface area contributed by atoms with Crippen LogP contribution in [0.5, 0.6) is 0 Å². The minimum Gasteiger partial charge on any atom is -0.368 e. The Morgan fingerprint density at radius 3 is 2.56 bits per heavy atom. The fraction of sp³-hybridized carbons (Fsp3) is 0.400. The molecule has 1 aliphatic rings. The molecule has 0 amide bonds. The number of hydrogen-bond donors (Lipinski definition) is 1. The van der Waals surface area contributed by atoms with E-state index >= 15 is 0 Å². The maximum atomic E-state index is 12.0. The van der Waals surface area contributed by atoms with Gasteiger partial charge in [-0.15, -0.1) is 0 Å². The highest BCUT2D eigenvalue weighted by atomic mass is 32.2. The van der Waals surface area contributed by atoms with Crippen LogP contribution in [0.1, 0.15) is 24.6 Å². The van der Waals surface area contributed by atoms with Crippen LogP contribution in [-0.4, -0.2) is 56.8 Å². The smallest absolute Gasteiger partial charge is 0.232 e. The van der Waals surface area contributed by atoms with Crippen LogP contribution in [-0.2, 0) is 16.4 Å². The third kappa shape index (κ3) is 5.58. The van der Waals surface area contributed by atoms with E-state index in [-0.39, 0.29) is 5.75 Å². The molecule has 32 heavy (non-hydrogen) atoms. The lowest BCUT2D eigenvalue weighted by Gasteiger charge is -2.36. The summed E-state index contributed by atoms with van der Waals surface area (Å²) in [5, 5.41) is 1.22. The normalized spacial score (nSPS) is 15.2.